The molecule has 2 N–H and O–H groups in total. The van der Waals surface area contributed by atoms with Crippen molar-refractivity contribution in [2.75, 3.05) is 20.8 Å². The molecule has 0 unspecified atom stereocenters. The predicted molar refractivity (Wildman–Crippen MR) is 107 cm³/mol. The summed E-state index contributed by atoms with van der Waals surface area (Å²) >= 11 is 6.02. The summed E-state index contributed by atoms with van der Waals surface area (Å²) in [6.07, 6.45) is 0. The summed E-state index contributed by atoms with van der Waals surface area (Å²) in [7, 11) is 3.09. The van der Waals surface area contributed by atoms with Gasteiger partial charge in [-0.05, 0) is 24.6 Å². The molecule has 0 aliphatic heterocycles. The molecule has 1 heterocycles. The first-order valence-electron chi connectivity index (χ1n) is 8.47. The molecule has 3 rings (SSSR count). The van der Waals surface area contributed by atoms with Gasteiger partial charge in [0, 0.05) is 22.7 Å². The van der Waals surface area contributed by atoms with Crippen molar-refractivity contribution in [2.45, 2.75) is 6.92 Å². The number of oxime groups is 1. The van der Waals surface area contributed by atoms with Crippen LogP contribution >= 0.6 is 11.6 Å². The molecule has 28 heavy (non-hydrogen) atoms. The lowest BCUT2D eigenvalue weighted by molar-refractivity contribution is -0.135. The fourth-order valence-corrected chi connectivity index (χ4v) is 3.15. The van der Waals surface area contributed by atoms with Crippen LogP contribution in [0.2, 0.25) is 5.02 Å². The highest BCUT2D eigenvalue weighted by atomic mass is 35.5. The summed E-state index contributed by atoms with van der Waals surface area (Å²) in [5.74, 6) is 0.346. The number of methoxy groups -OCH3 is 2. The topological polar surface area (TPSA) is 93.1 Å². The molecule has 0 amide bonds. The Hall–Kier alpha value is -3.19. The molecular weight excluding hydrogens is 384 g/mol. The van der Waals surface area contributed by atoms with E-state index < -0.39 is 5.97 Å². The maximum atomic E-state index is 12.4. The van der Waals surface area contributed by atoms with Crippen molar-refractivity contribution in [1.29, 1.82) is 0 Å². The Morgan fingerprint density at radius 1 is 1.18 bits per heavy atom. The number of rotatable bonds is 6. The fraction of sp³-hybridized carbons (Fsp3) is 0.200. The molecule has 1 aromatic heterocycles. The van der Waals surface area contributed by atoms with Crippen LogP contribution in [0, 0.1) is 0 Å². The van der Waals surface area contributed by atoms with E-state index in [1.807, 2.05) is 0 Å². The summed E-state index contributed by atoms with van der Waals surface area (Å²) in [6, 6.07) is 10.6. The maximum Gasteiger partial charge on any atom is 0.362 e. The number of benzene rings is 2. The van der Waals surface area contributed by atoms with Crippen LogP contribution in [0.3, 0.4) is 0 Å². The molecule has 0 atom stereocenters. The molecule has 0 fully saturated rings. The smallest absolute Gasteiger partial charge is 0.362 e. The molecule has 0 saturated carbocycles. The Kier molecular flexibility index (Phi) is 5.75. The highest BCUT2D eigenvalue weighted by Crippen LogP contribution is 2.41. The molecule has 0 radical (unpaired) electrons. The van der Waals surface area contributed by atoms with Crippen LogP contribution in [0.4, 0.5) is 0 Å². The maximum absolute atomic E-state index is 12.4. The van der Waals surface area contributed by atoms with Gasteiger partial charge in [-0.15, -0.1) is 0 Å². The van der Waals surface area contributed by atoms with E-state index in [1.165, 1.54) is 0 Å². The average Bonchev–Trinajstić information content (AvgIpc) is 3.07. The number of carbonyl (C=O) groups excluding carboxylic acids is 1. The minimum Gasteiger partial charge on any atom is -0.497 e. The van der Waals surface area contributed by atoms with E-state index in [-0.39, 0.29) is 12.3 Å². The molecule has 0 aliphatic rings. The van der Waals surface area contributed by atoms with Crippen LogP contribution in [-0.4, -0.2) is 42.7 Å². The highest BCUT2D eigenvalue weighted by molar-refractivity contribution is 6.44. The SMILES string of the molecule is CCOC(=O)/C(=N\O)c1[nH]c2cc(OC)cc(OC)c2c1-c1ccc(Cl)cc1. The van der Waals surface area contributed by atoms with Gasteiger partial charge in [0.15, 0.2) is 0 Å². The van der Waals surface area contributed by atoms with Gasteiger partial charge in [-0.3, -0.25) is 0 Å². The van der Waals surface area contributed by atoms with Gasteiger partial charge in [-0.25, -0.2) is 4.79 Å². The normalized spacial score (nSPS) is 11.5. The molecule has 8 heteroatoms. The van der Waals surface area contributed by atoms with Crippen LogP contribution < -0.4 is 9.47 Å². The van der Waals surface area contributed by atoms with Crippen LogP contribution in [0.5, 0.6) is 11.5 Å². The summed E-state index contributed by atoms with van der Waals surface area (Å²) in [6.45, 7) is 1.82. The van der Waals surface area contributed by atoms with E-state index in [9.17, 15) is 10.0 Å². The average molecular weight is 403 g/mol. The van der Waals surface area contributed by atoms with E-state index in [2.05, 4.69) is 10.1 Å². The first-order chi connectivity index (χ1) is 13.5. The van der Waals surface area contributed by atoms with E-state index >= 15 is 0 Å². The monoisotopic (exact) mass is 402 g/mol. The zero-order valence-corrected chi connectivity index (χ0v) is 16.3. The Bertz CT molecular complexity index is 1040. The molecule has 3 aromatic rings. The lowest BCUT2D eigenvalue weighted by Gasteiger charge is -2.10. The number of nitrogens with one attached hydrogen (secondary N) is 1. The number of aromatic nitrogens is 1. The van der Waals surface area contributed by atoms with Crippen LogP contribution in [0.1, 0.15) is 12.6 Å². The van der Waals surface area contributed by atoms with Gasteiger partial charge >= 0.3 is 5.97 Å². The molecule has 0 saturated heterocycles. The largest absolute Gasteiger partial charge is 0.497 e. The van der Waals surface area contributed by atoms with Crippen LogP contribution in [0.15, 0.2) is 41.6 Å². The molecule has 0 aliphatic carbocycles. The number of H-pyrrole nitrogens is 1. The third-order valence-corrected chi connectivity index (χ3v) is 4.48. The second kappa shape index (κ2) is 8.22. The molecule has 0 spiro atoms. The number of ether oxygens (including phenoxy) is 3. The molecule has 146 valence electrons. The zero-order chi connectivity index (χ0) is 20.3. The van der Waals surface area contributed by atoms with Gasteiger partial charge in [0.05, 0.1) is 37.4 Å². The van der Waals surface area contributed by atoms with E-state index in [4.69, 9.17) is 25.8 Å². The lowest BCUT2D eigenvalue weighted by atomic mass is 9.99. The Morgan fingerprint density at radius 2 is 1.89 bits per heavy atom. The van der Waals surface area contributed by atoms with Gasteiger partial charge in [0.25, 0.3) is 0 Å². The predicted octanol–water partition coefficient (Wildman–Crippen LogP) is 4.25. The molecule has 0 bridgehead atoms. The summed E-state index contributed by atoms with van der Waals surface area (Å²) in [4.78, 5) is 15.5. The third-order valence-electron chi connectivity index (χ3n) is 4.23. The van der Waals surface area contributed by atoms with Gasteiger partial charge in [-0.2, -0.15) is 0 Å². The minimum atomic E-state index is -0.752. The minimum absolute atomic E-state index is 0.144. The number of hydrogen-bond donors (Lipinski definition) is 2. The summed E-state index contributed by atoms with van der Waals surface area (Å²) < 4.78 is 15.9. The standard InChI is InChI=1S/C20H19ClN2O5/c1-4-28-20(24)19(23-25)18-16(11-5-7-12(21)8-6-11)17-14(22-18)9-13(26-2)10-15(17)27-3/h5-10,22,25H,4H2,1-3H3/b23-19-. The third kappa shape index (κ3) is 3.48. The van der Waals surface area contributed by atoms with Gasteiger partial charge in [0.2, 0.25) is 5.71 Å². The fourth-order valence-electron chi connectivity index (χ4n) is 3.02. The number of carbonyl (C=O) groups is 1. The number of nitrogens with zero attached hydrogens (tertiary/aromatic N) is 1. The number of fused-ring (bicyclic) bond motifs is 1. The summed E-state index contributed by atoms with van der Waals surface area (Å²) in [5.41, 5.74) is 2.06. The van der Waals surface area contributed by atoms with Crippen molar-refractivity contribution in [3.63, 3.8) is 0 Å². The van der Waals surface area contributed by atoms with Crippen molar-refractivity contribution < 1.29 is 24.2 Å². The van der Waals surface area contributed by atoms with Crippen molar-refractivity contribution >= 4 is 34.2 Å². The molecule has 7 nitrogen and oxygen atoms in total. The molecule has 2 aromatic carbocycles. The van der Waals surface area contributed by atoms with Crippen molar-refractivity contribution in [3.8, 4) is 22.6 Å². The van der Waals surface area contributed by atoms with Crippen molar-refractivity contribution in [2.24, 2.45) is 5.16 Å². The number of esters is 1. The second-order valence-electron chi connectivity index (χ2n) is 5.80. The van der Waals surface area contributed by atoms with E-state index in [0.29, 0.717) is 38.7 Å². The quantitative estimate of drug-likeness (QED) is 0.278. The second-order valence-corrected chi connectivity index (χ2v) is 6.24. The number of halogens is 1. The van der Waals surface area contributed by atoms with Gasteiger partial charge in [-0.1, -0.05) is 28.9 Å². The van der Waals surface area contributed by atoms with E-state index in [1.54, 1.807) is 57.5 Å². The Labute approximate surface area is 166 Å². The molecular formula is C20H19ClN2O5. The van der Waals surface area contributed by atoms with Crippen LogP contribution in [0.25, 0.3) is 22.0 Å². The van der Waals surface area contributed by atoms with Crippen molar-refractivity contribution in [3.05, 3.63) is 47.1 Å². The highest BCUT2D eigenvalue weighted by Gasteiger charge is 2.26. The number of aromatic amines is 1. The Morgan fingerprint density at radius 3 is 2.46 bits per heavy atom. The Balaban J connectivity index is 2.37. The zero-order valence-electron chi connectivity index (χ0n) is 15.6. The van der Waals surface area contributed by atoms with Crippen molar-refractivity contribution in [1.82, 2.24) is 4.98 Å². The van der Waals surface area contributed by atoms with Crippen LogP contribution in [-0.2, 0) is 9.53 Å². The summed E-state index contributed by atoms with van der Waals surface area (Å²) in [5, 5.41) is 14.0. The lowest BCUT2D eigenvalue weighted by Crippen LogP contribution is -2.20. The van der Waals surface area contributed by atoms with E-state index in [0.717, 1.165) is 5.56 Å². The number of hydrogen-bond acceptors (Lipinski definition) is 6. The first kappa shape index (κ1) is 19.6. The van der Waals surface area contributed by atoms with Gasteiger partial charge in [0.1, 0.15) is 11.5 Å². The van der Waals surface area contributed by atoms with Gasteiger partial charge < -0.3 is 24.4 Å². The first-order valence-corrected chi connectivity index (χ1v) is 8.85.